The van der Waals surface area contributed by atoms with Gasteiger partial charge in [-0.1, -0.05) is 35.9 Å². The third kappa shape index (κ3) is 6.14. The zero-order chi connectivity index (χ0) is 23.8. The Hall–Kier alpha value is -3.78. The molecule has 0 atom stereocenters. The number of anilines is 3. The van der Waals surface area contributed by atoms with Gasteiger partial charge < -0.3 is 25.4 Å². The van der Waals surface area contributed by atoms with Crippen molar-refractivity contribution in [1.82, 2.24) is 0 Å². The van der Waals surface area contributed by atoms with Crippen molar-refractivity contribution in [2.24, 2.45) is 0 Å². The van der Waals surface area contributed by atoms with Crippen molar-refractivity contribution in [2.75, 3.05) is 29.2 Å². The van der Waals surface area contributed by atoms with Gasteiger partial charge in [-0.25, -0.2) is 9.18 Å². The first-order valence-electron chi connectivity index (χ1n) is 10.2. The lowest BCUT2D eigenvalue weighted by molar-refractivity contribution is 0.102. The second-order valence-electron chi connectivity index (χ2n) is 6.70. The first-order valence-corrected chi connectivity index (χ1v) is 10.6. The number of hydrogen-bond donors (Lipinski definition) is 3. The summed E-state index contributed by atoms with van der Waals surface area (Å²) >= 11 is 6.10. The summed E-state index contributed by atoms with van der Waals surface area (Å²) in [6, 6.07) is 15.0. The van der Waals surface area contributed by atoms with Crippen LogP contribution in [-0.4, -0.2) is 25.2 Å². The third-order valence-electron chi connectivity index (χ3n) is 4.42. The summed E-state index contributed by atoms with van der Waals surface area (Å²) in [5.74, 6) is -0.723. The number of para-hydroxylation sites is 1. The van der Waals surface area contributed by atoms with Crippen molar-refractivity contribution in [3.05, 3.63) is 77.1 Å². The molecule has 3 aromatic carbocycles. The fourth-order valence-electron chi connectivity index (χ4n) is 2.98. The van der Waals surface area contributed by atoms with Crippen LogP contribution in [0.2, 0.25) is 5.02 Å². The molecule has 33 heavy (non-hydrogen) atoms. The van der Waals surface area contributed by atoms with Crippen LogP contribution in [0.1, 0.15) is 24.2 Å². The van der Waals surface area contributed by atoms with Crippen LogP contribution in [0.15, 0.2) is 60.7 Å². The second-order valence-corrected chi connectivity index (χ2v) is 7.11. The van der Waals surface area contributed by atoms with Gasteiger partial charge in [0, 0.05) is 12.1 Å². The number of rotatable bonds is 8. The van der Waals surface area contributed by atoms with Gasteiger partial charge >= 0.3 is 6.03 Å². The zero-order valence-electron chi connectivity index (χ0n) is 18.1. The fourth-order valence-corrected chi connectivity index (χ4v) is 3.16. The van der Waals surface area contributed by atoms with Gasteiger partial charge in [0.2, 0.25) is 0 Å². The minimum atomic E-state index is -0.646. The Morgan fingerprint density at radius 3 is 1.97 bits per heavy atom. The predicted octanol–water partition coefficient (Wildman–Crippen LogP) is 6.17. The van der Waals surface area contributed by atoms with Crippen molar-refractivity contribution < 1.29 is 23.5 Å². The molecule has 0 unspecified atom stereocenters. The molecule has 0 saturated carbocycles. The quantitative estimate of drug-likeness (QED) is 0.366. The lowest BCUT2D eigenvalue weighted by Gasteiger charge is -2.18. The molecule has 0 spiro atoms. The predicted molar refractivity (Wildman–Crippen MR) is 127 cm³/mol. The average Bonchev–Trinajstić information content (AvgIpc) is 2.78. The highest BCUT2D eigenvalue weighted by Gasteiger charge is 2.18. The first kappa shape index (κ1) is 23.9. The van der Waals surface area contributed by atoms with E-state index in [2.05, 4.69) is 16.0 Å². The largest absolute Gasteiger partial charge is 0.492 e. The monoisotopic (exact) mass is 471 g/mol. The molecule has 0 aliphatic heterocycles. The summed E-state index contributed by atoms with van der Waals surface area (Å²) in [6.45, 7) is 4.15. The summed E-state index contributed by atoms with van der Waals surface area (Å²) in [4.78, 5) is 25.2. The van der Waals surface area contributed by atoms with Crippen LogP contribution in [0.3, 0.4) is 0 Å². The molecule has 3 rings (SSSR count). The molecule has 3 amide bonds. The molecule has 0 bridgehead atoms. The highest BCUT2D eigenvalue weighted by molar-refractivity contribution is 6.33. The lowest BCUT2D eigenvalue weighted by Crippen LogP contribution is -2.20. The van der Waals surface area contributed by atoms with Crippen LogP contribution in [0.4, 0.5) is 26.2 Å². The molecule has 0 heterocycles. The Kier molecular flexibility index (Phi) is 8.10. The van der Waals surface area contributed by atoms with Gasteiger partial charge in [-0.2, -0.15) is 0 Å². The van der Waals surface area contributed by atoms with Crippen LogP contribution in [-0.2, 0) is 0 Å². The first-order chi connectivity index (χ1) is 15.9. The van der Waals surface area contributed by atoms with E-state index >= 15 is 0 Å². The Morgan fingerprint density at radius 1 is 0.818 bits per heavy atom. The Balaban J connectivity index is 1.89. The van der Waals surface area contributed by atoms with Crippen molar-refractivity contribution in [3.63, 3.8) is 0 Å². The van der Waals surface area contributed by atoms with Crippen LogP contribution >= 0.6 is 11.6 Å². The molecule has 9 heteroatoms. The zero-order valence-corrected chi connectivity index (χ0v) is 18.8. The van der Waals surface area contributed by atoms with E-state index < -0.39 is 17.8 Å². The maximum absolute atomic E-state index is 14.0. The van der Waals surface area contributed by atoms with Gasteiger partial charge in [-0.05, 0) is 38.1 Å². The number of carbonyl (C=O) groups excluding carboxylic acids is 2. The second kappa shape index (κ2) is 11.2. The van der Waals surface area contributed by atoms with Crippen LogP contribution in [0.25, 0.3) is 0 Å². The average molecular weight is 472 g/mol. The molecule has 7 nitrogen and oxygen atoms in total. The molecule has 0 fully saturated rings. The number of nitrogens with one attached hydrogen (secondary N) is 3. The van der Waals surface area contributed by atoms with E-state index in [-0.39, 0.29) is 17.0 Å². The molecule has 3 N–H and O–H groups in total. The Labute approximate surface area is 195 Å². The number of urea groups is 1. The molecule has 0 aliphatic carbocycles. The van der Waals surface area contributed by atoms with E-state index in [1.165, 1.54) is 30.3 Å². The highest BCUT2D eigenvalue weighted by Crippen LogP contribution is 2.37. The van der Waals surface area contributed by atoms with Crippen molar-refractivity contribution in [1.29, 1.82) is 0 Å². The minimum absolute atomic E-state index is 0.112. The van der Waals surface area contributed by atoms with Crippen molar-refractivity contribution >= 4 is 40.6 Å². The van der Waals surface area contributed by atoms with Crippen LogP contribution < -0.4 is 25.4 Å². The number of benzene rings is 3. The third-order valence-corrected chi connectivity index (χ3v) is 4.75. The molecule has 0 saturated heterocycles. The number of amides is 3. The number of hydrogen-bond acceptors (Lipinski definition) is 4. The summed E-state index contributed by atoms with van der Waals surface area (Å²) < 4.78 is 25.3. The van der Waals surface area contributed by atoms with Crippen molar-refractivity contribution in [3.8, 4) is 11.5 Å². The van der Waals surface area contributed by atoms with Gasteiger partial charge in [0.1, 0.15) is 17.3 Å². The van der Waals surface area contributed by atoms with Gasteiger partial charge in [0.25, 0.3) is 5.91 Å². The van der Waals surface area contributed by atoms with E-state index in [4.69, 9.17) is 21.1 Å². The van der Waals surface area contributed by atoms with E-state index in [9.17, 15) is 14.0 Å². The molecule has 3 aromatic rings. The smallest absolute Gasteiger partial charge is 0.323 e. The minimum Gasteiger partial charge on any atom is -0.492 e. The fraction of sp³-hybridized carbons (Fsp3) is 0.167. The normalized spacial score (nSPS) is 10.3. The molecule has 0 aliphatic rings. The van der Waals surface area contributed by atoms with E-state index in [0.717, 1.165) is 0 Å². The molecule has 0 radical (unpaired) electrons. The highest BCUT2D eigenvalue weighted by atomic mass is 35.5. The Morgan fingerprint density at radius 2 is 1.36 bits per heavy atom. The summed E-state index contributed by atoms with van der Waals surface area (Å²) in [5, 5.41) is 8.41. The SMILES string of the molecule is CCOc1cc(NC(=O)c2ccccc2F)c(OCC)cc1NC(=O)Nc1ccccc1Cl. The van der Waals surface area contributed by atoms with Gasteiger partial charge in [-0.3, -0.25) is 4.79 Å². The maximum atomic E-state index is 14.0. The maximum Gasteiger partial charge on any atom is 0.323 e. The van der Waals surface area contributed by atoms with Crippen molar-refractivity contribution in [2.45, 2.75) is 13.8 Å². The van der Waals surface area contributed by atoms with Crippen LogP contribution in [0, 0.1) is 5.82 Å². The van der Waals surface area contributed by atoms with E-state index in [1.807, 2.05) is 0 Å². The Bertz CT molecular complexity index is 1160. The number of ether oxygens (including phenoxy) is 2. The van der Waals surface area contributed by atoms with E-state index in [0.29, 0.717) is 35.4 Å². The van der Waals surface area contributed by atoms with Gasteiger partial charge in [0.15, 0.2) is 0 Å². The topological polar surface area (TPSA) is 88.7 Å². The summed E-state index contributed by atoms with van der Waals surface area (Å²) in [7, 11) is 0. The summed E-state index contributed by atoms with van der Waals surface area (Å²) in [5.41, 5.74) is 0.909. The molecule has 0 aromatic heterocycles. The van der Waals surface area contributed by atoms with Crippen LogP contribution in [0.5, 0.6) is 11.5 Å². The number of carbonyl (C=O) groups is 2. The lowest BCUT2D eigenvalue weighted by atomic mass is 10.1. The summed E-state index contributed by atoms with van der Waals surface area (Å²) in [6.07, 6.45) is 0. The van der Waals surface area contributed by atoms with Gasteiger partial charge in [-0.15, -0.1) is 0 Å². The number of halogens is 2. The standard InChI is InChI=1S/C24H23ClFN3O4/c1-3-32-21-14-20(29-24(31)28-18-12-8-6-10-16(18)25)22(33-4-2)13-19(21)27-23(30)15-9-5-7-11-17(15)26/h5-14H,3-4H2,1-2H3,(H,27,30)(H2,28,29,31). The molecular formula is C24H23ClFN3O4. The van der Waals surface area contributed by atoms with Gasteiger partial charge in [0.05, 0.1) is 40.9 Å². The molecular weight excluding hydrogens is 449 g/mol. The van der Waals surface area contributed by atoms with E-state index in [1.54, 1.807) is 44.2 Å². The molecule has 172 valence electrons.